The molecular weight excluding hydrogens is 284 g/mol. The van der Waals surface area contributed by atoms with E-state index in [1.54, 1.807) is 0 Å². The zero-order valence-corrected chi connectivity index (χ0v) is 13.7. The summed E-state index contributed by atoms with van der Waals surface area (Å²) in [4.78, 5) is 14.6. The molecule has 1 unspecified atom stereocenters. The fourth-order valence-corrected chi connectivity index (χ4v) is 3.28. The van der Waals surface area contributed by atoms with Crippen LogP contribution in [0.25, 0.3) is 0 Å². The first-order valence-electron chi connectivity index (χ1n) is 8.46. The molecular formula is C20H24N2O. The van der Waals surface area contributed by atoms with Crippen molar-refractivity contribution in [2.24, 2.45) is 0 Å². The van der Waals surface area contributed by atoms with Gasteiger partial charge in [-0.3, -0.25) is 4.79 Å². The van der Waals surface area contributed by atoms with Gasteiger partial charge in [0.1, 0.15) is 0 Å². The number of nitrogens with zero attached hydrogens (tertiary/aromatic N) is 1. The van der Waals surface area contributed by atoms with Crippen molar-refractivity contribution in [1.82, 2.24) is 5.32 Å². The largest absolute Gasteiger partial charge is 0.311 e. The van der Waals surface area contributed by atoms with Gasteiger partial charge in [0.25, 0.3) is 0 Å². The lowest BCUT2D eigenvalue weighted by Crippen LogP contribution is -2.42. The van der Waals surface area contributed by atoms with Gasteiger partial charge in [0.2, 0.25) is 5.91 Å². The number of hydrogen-bond acceptors (Lipinski definition) is 2. The first-order chi connectivity index (χ1) is 11.3. The molecule has 1 aliphatic heterocycles. The lowest BCUT2D eigenvalue weighted by Gasteiger charge is -2.30. The summed E-state index contributed by atoms with van der Waals surface area (Å²) < 4.78 is 0. The number of amides is 1. The quantitative estimate of drug-likeness (QED) is 0.913. The summed E-state index contributed by atoms with van der Waals surface area (Å²) in [5.74, 6) is 0.159. The third-order valence-electron chi connectivity index (χ3n) is 4.52. The summed E-state index contributed by atoms with van der Waals surface area (Å²) in [6.45, 7) is 3.34. The maximum absolute atomic E-state index is 12.7. The number of nitrogens with one attached hydrogen (secondary N) is 1. The molecule has 0 saturated heterocycles. The van der Waals surface area contributed by atoms with Gasteiger partial charge in [-0.25, -0.2) is 0 Å². The highest BCUT2D eigenvalue weighted by Gasteiger charge is 2.22. The minimum atomic E-state index is 0.159. The summed E-state index contributed by atoms with van der Waals surface area (Å²) in [6, 6.07) is 18.8. The van der Waals surface area contributed by atoms with E-state index in [1.165, 1.54) is 11.1 Å². The number of para-hydroxylation sites is 1. The summed E-state index contributed by atoms with van der Waals surface area (Å²) in [5.41, 5.74) is 3.60. The zero-order chi connectivity index (χ0) is 16.1. The number of aryl methyl sites for hydroxylation is 1. The van der Waals surface area contributed by atoms with E-state index in [0.717, 1.165) is 31.5 Å². The molecule has 1 atom stereocenters. The first-order valence-corrected chi connectivity index (χ1v) is 8.46. The van der Waals surface area contributed by atoms with E-state index in [4.69, 9.17) is 0 Å². The van der Waals surface area contributed by atoms with Gasteiger partial charge in [0, 0.05) is 18.3 Å². The van der Waals surface area contributed by atoms with Crippen molar-refractivity contribution >= 4 is 11.6 Å². The van der Waals surface area contributed by atoms with Crippen molar-refractivity contribution in [3.63, 3.8) is 0 Å². The molecule has 1 N–H and O–H groups in total. The molecule has 0 bridgehead atoms. The van der Waals surface area contributed by atoms with Gasteiger partial charge < -0.3 is 10.2 Å². The Morgan fingerprint density at radius 1 is 1.13 bits per heavy atom. The maximum Gasteiger partial charge on any atom is 0.240 e. The standard InChI is InChI=1S/C20H24N2O/c1-2-18(16-9-4-3-5-10-16)21-15-20(23)22-14-8-12-17-11-6-7-13-19(17)22/h3-7,9-11,13,18,21H,2,8,12,14-15H2,1H3. The molecule has 2 aromatic carbocycles. The van der Waals surface area contributed by atoms with Crippen LogP contribution in [0.2, 0.25) is 0 Å². The molecule has 1 amide bonds. The van der Waals surface area contributed by atoms with E-state index in [-0.39, 0.29) is 11.9 Å². The van der Waals surface area contributed by atoms with Crippen LogP contribution >= 0.6 is 0 Å². The van der Waals surface area contributed by atoms with Crippen LogP contribution in [0.4, 0.5) is 5.69 Å². The molecule has 0 fully saturated rings. The van der Waals surface area contributed by atoms with E-state index >= 15 is 0 Å². The van der Waals surface area contributed by atoms with Gasteiger partial charge in [0.15, 0.2) is 0 Å². The highest BCUT2D eigenvalue weighted by Crippen LogP contribution is 2.26. The van der Waals surface area contributed by atoms with Gasteiger partial charge >= 0.3 is 0 Å². The number of carbonyl (C=O) groups is 1. The number of benzene rings is 2. The van der Waals surface area contributed by atoms with Crippen LogP contribution in [-0.2, 0) is 11.2 Å². The highest BCUT2D eigenvalue weighted by molar-refractivity contribution is 5.95. The predicted octanol–water partition coefficient (Wildman–Crippen LogP) is 3.71. The molecule has 0 aromatic heterocycles. The van der Waals surface area contributed by atoms with Crippen LogP contribution in [-0.4, -0.2) is 19.0 Å². The normalized spacial score (nSPS) is 15.1. The van der Waals surface area contributed by atoms with Crippen molar-refractivity contribution in [3.8, 4) is 0 Å². The van der Waals surface area contributed by atoms with Crippen molar-refractivity contribution in [3.05, 3.63) is 65.7 Å². The second-order valence-corrected chi connectivity index (χ2v) is 6.03. The van der Waals surface area contributed by atoms with Crippen LogP contribution in [0.1, 0.15) is 36.9 Å². The fourth-order valence-electron chi connectivity index (χ4n) is 3.28. The van der Waals surface area contributed by atoms with Crippen LogP contribution in [0.5, 0.6) is 0 Å². The number of carbonyl (C=O) groups excluding carboxylic acids is 1. The zero-order valence-electron chi connectivity index (χ0n) is 13.7. The molecule has 3 rings (SSSR count). The lowest BCUT2D eigenvalue weighted by molar-refractivity contribution is -0.118. The van der Waals surface area contributed by atoms with Crippen LogP contribution in [0, 0.1) is 0 Å². The number of fused-ring (bicyclic) bond motifs is 1. The molecule has 0 saturated carbocycles. The number of rotatable bonds is 5. The maximum atomic E-state index is 12.7. The van der Waals surface area contributed by atoms with Crippen molar-refractivity contribution in [2.75, 3.05) is 18.0 Å². The molecule has 1 aliphatic rings. The van der Waals surface area contributed by atoms with E-state index in [2.05, 4.69) is 36.5 Å². The molecule has 0 aliphatic carbocycles. The second-order valence-electron chi connectivity index (χ2n) is 6.03. The fraction of sp³-hybridized carbons (Fsp3) is 0.350. The summed E-state index contributed by atoms with van der Waals surface area (Å²) >= 11 is 0. The van der Waals surface area contributed by atoms with Gasteiger partial charge in [-0.15, -0.1) is 0 Å². The van der Waals surface area contributed by atoms with Crippen molar-refractivity contribution in [1.29, 1.82) is 0 Å². The van der Waals surface area contributed by atoms with Gasteiger partial charge in [-0.05, 0) is 36.5 Å². The molecule has 3 nitrogen and oxygen atoms in total. The van der Waals surface area contributed by atoms with E-state index < -0.39 is 0 Å². The van der Waals surface area contributed by atoms with Gasteiger partial charge in [-0.2, -0.15) is 0 Å². The molecule has 3 heteroatoms. The molecule has 0 spiro atoms. The highest BCUT2D eigenvalue weighted by atomic mass is 16.2. The average Bonchev–Trinajstić information content (AvgIpc) is 2.62. The molecule has 0 radical (unpaired) electrons. The Labute approximate surface area is 138 Å². The van der Waals surface area contributed by atoms with Crippen LogP contribution in [0.15, 0.2) is 54.6 Å². The average molecular weight is 308 g/mol. The Kier molecular flexibility index (Phi) is 5.09. The topological polar surface area (TPSA) is 32.3 Å². The SMILES string of the molecule is CCC(NCC(=O)N1CCCc2ccccc21)c1ccccc1. The van der Waals surface area contributed by atoms with E-state index in [1.807, 2.05) is 35.2 Å². The Morgan fingerprint density at radius 2 is 1.87 bits per heavy atom. The minimum absolute atomic E-state index is 0.159. The monoisotopic (exact) mass is 308 g/mol. The Bertz CT molecular complexity index is 654. The minimum Gasteiger partial charge on any atom is -0.311 e. The third-order valence-corrected chi connectivity index (χ3v) is 4.52. The van der Waals surface area contributed by atoms with Crippen molar-refractivity contribution < 1.29 is 4.79 Å². The second kappa shape index (κ2) is 7.42. The predicted molar refractivity (Wildman–Crippen MR) is 94.6 cm³/mol. The Morgan fingerprint density at radius 3 is 2.65 bits per heavy atom. The third kappa shape index (κ3) is 3.62. The Balaban J connectivity index is 1.66. The summed E-state index contributed by atoms with van der Waals surface area (Å²) in [6.07, 6.45) is 3.07. The van der Waals surface area contributed by atoms with E-state index in [0.29, 0.717) is 6.54 Å². The van der Waals surface area contributed by atoms with Crippen LogP contribution in [0.3, 0.4) is 0 Å². The Hall–Kier alpha value is -2.13. The summed E-state index contributed by atoms with van der Waals surface area (Å²) in [7, 11) is 0. The number of hydrogen-bond donors (Lipinski definition) is 1. The van der Waals surface area contributed by atoms with E-state index in [9.17, 15) is 4.79 Å². The van der Waals surface area contributed by atoms with Crippen molar-refractivity contribution in [2.45, 2.75) is 32.2 Å². The lowest BCUT2D eigenvalue weighted by atomic mass is 10.0. The molecule has 120 valence electrons. The molecule has 23 heavy (non-hydrogen) atoms. The van der Waals surface area contributed by atoms with Gasteiger partial charge in [0.05, 0.1) is 6.54 Å². The first kappa shape index (κ1) is 15.8. The number of anilines is 1. The molecule has 2 aromatic rings. The molecule has 1 heterocycles. The van der Waals surface area contributed by atoms with Gasteiger partial charge in [-0.1, -0.05) is 55.5 Å². The smallest absolute Gasteiger partial charge is 0.240 e. The van der Waals surface area contributed by atoms with Crippen LogP contribution < -0.4 is 10.2 Å². The summed E-state index contributed by atoms with van der Waals surface area (Å²) in [5, 5.41) is 3.42.